The number of hydrogen-bond donors (Lipinski definition) is 1. The lowest BCUT2D eigenvalue weighted by Crippen LogP contribution is -2.29. The highest BCUT2D eigenvalue weighted by atomic mass is 19.1. The van der Waals surface area contributed by atoms with E-state index in [9.17, 15) is 4.39 Å². The third-order valence-corrected chi connectivity index (χ3v) is 3.05. The summed E-state index contributed by atoms with van der Waals surface area (Å²) in [5, 5.41) is 3.38. The summed E-state index contributed by atoms with van der Waals surface area (Å²) in [6.07, 6.45) is 2.69. The Hall–Kier alpha value is -0.930. The van der Waals surface area contributed by atoms with E-state index in [1.54, 1.807) is 0 Å². The minimum Gasteiger partial charge on any atom is -0.311 e. The smallest absolute Gasteiger partial charge is 0.123 e. The van der Waals surface area contributed by atoms with Gasteiger partial charge in [0, 0.05) is 19.6 Å². The molecule has 0 bridgehead atoms. The van der Waals surface area contributed by atoms with Gasteiger partial charge in [-0.05, 0) is 43.6 Å². The number of rotatable bonds is 5. The van der Waals surface area contributed by atoms with Crippen LogP contribution in [0.5, 0.6) is 0 Å². The van der Waals surface area contributed by atoms with E-state index in [0.717, 1.165) is 25.2 Å². The third-order valence-electron chi connectivity index (χ3n) is 3.05. The van der Waals surface area contributed by atoms with E-state index in [1.807, 2.05) is 12.1 Å². The van der Waals surface area contributed by atoms with Crippen molar-refractivity contribution in [2.75, 3.05) is 26.2 Å². The molecule has 2 nitrogen and oxygen atoms in total. The Kier molecular flexibility index (Phi) is 4.31. The molecule has 0 unspecified atom stereocenters. The molecule has 1 aliphatic rings. The average Bonchev–Trinajstić information content (AvgIpc) is 2.80. The summed E-state index contributed by atoms with van der Waals surface area (Å²) in [6.45, 7) is 5.46. The van der Waals surface area contributed by atoms with E-state index in [2.05, 4.69) is 10.2 Å². The predicted molar refractivity (Wildman–Crippen MR) is 63.8 cm³/mol. The van der Waals surface area contributed by atoms with Gasteiger partial charge in [-0.25, -0.2) is 4.39 Å². The molecule has 1 aliphatic heterocycles. The molecule has 1 heterocycles. The Labute approximate surface area is 96.5 Å². The van der Waals surface area contributed by atoms with Crippen molar-refractivity contribution in [2.24, 2.45) is 0 Å². The van der Waals surface area contributed by atoms with Gasteiger partial charge in [-0.2, -0.15) is 0 Å². The second-order valence-corrected chi connectivity index (χ2v) is 4.35. The Balaban J connectivity index is 1.62. The Bertz CT molecular complexity index is 304. The van der Waals surface area contributed by atoms with Crippen LogP contribution in [-0.2, 0) is 6.54 Å². The zero-order chi connectivity index (χ0) is 11.2. The summed E-state index contributed by atoms with van der Waals surface area (Å²) >= 11 is 0. The average molecular weight is 222 g/mol. The van der Waals surface area contributed by atoms with Gasteiger partial charge in [-0.3, -0.25) is 0 Å². The predicted octanol–water partition coefficient (Wildman–Crippen LogP) is 2.01. The van der Waals surface area contributed by atoms with E-state index in [1.165, 1.54) is 38.1 Å². The summed E-state index contributed by atoms with van der Waals surface area (Å²) in [4.78, 5) is 2.48. The first-order valence-electron chi connectivity index (χ1n) is 6.02. The number of nitrogens with zero attached hydrogens (tertiary/aromatic N) is 1. The maximum atomic E-state index is 12.7. The first-order valence-corrected chi connectivity index (χ1v) is 6.02. The maximum absolute atomic E-state index is 12.7. The van der Waals surface area contributed by atoms with Gasteiger partial charge in [0.25, 0.3) is 0 Å². The van der Waals surface area contributed by atoms with Crippen molar-refractivity contribution in [1.82, 2.24) is 10.2 Å². The topological polar surface area (TPSA) is 15.3 Å². The summed E-state index contributed by atoms with van der Waals surface area (Å²) in [5.74, 6) is -0.166. The fraction of sp³-hybridized carbons (Fsp3) is 0.538. The lowest BCUT2D eigenvalue weighted by molar-refractivity contribution is 0.335. The molecule has 1 saturated heterocycles. The van der Waals surface area contributed by atoms with E-state index in [-0.39, 0.29) is 5.82 Å². The van der Waals surface area contributed by atoms with Crippen molar-refractivity contribution in [2.45, 2.75) is 19.4 Å². The van der Waals surface area contributed by atoms with Gasteiger partial charge in [0.15, 0.2) is 0 Å². The fourth-order valence-electron chi connectivity index (χ4n) is 2.08. The van der Waals surface area contributed by atoms with E-state index >= 15 is 0 Å². The third kappa shape index (κ3) is 3.58. The molecular formula is C13H19FN2. The van der Waals surface area contributed by atoms with Crippen LogP contribution in [-0.4, -0.2) is 31.1 Å². The van der Waals surface area contributed by atoms with Crippen molar-refractivity contribution in [1.29, 1.82) is 0 Å². The van der Waals surface area contributed by atoms with Crippen molar-refractivity contribution in [3.63, 3.8) is 0 Å². The monoisotopic (exact) mass is 222 g/mol. The highest BCUT2D eigenvalue weighted by molar-refractivity contribution is 5.15. The van der Waals surface area contributed by atoms with Crippen LogP contribution in [0.3, 0.4) is 0 Å². The molecule has 0 amide bonds. The van der Waals surface area contributed by atoms with Gasteiger partial charge < -0.3 is 10.2 Å². The SMILES string of the molecule is Fc1ccc(CNCCN2CCCC2)cc1. The second kappa shape index (κ2) is 5.97. The van der Waals surface area contributed by atoms with Gasteiger partial charge in [-0.15, -0.1) is 0 Å². The zero-order valence-corrected chi connectivity index (χ0v) is 9.58. The summed E-state index contributed by atoms with van der Waals surface area (Å²) < 4.78 is 12.7. The Morgan fingerprint density at radius 3 is 2.50 bits per heavy atom. The molecule has 0 radical (unpaired) electrons. The minimum absolute atomic E-state index is 0.166. The molecule has 0 saturated carbocycles. The van der Waals surface area contributed by atoms with Crippen LogP contribution >= 0.6 is 0 Å². The van der Waals surface area contributed by atoms with Crippen LogP contribution in [0, 0.1) is 5.82 Å². The van der Waals surface area contributed by atoms with Crippen LogP contribution in [0.2, 0.25) is 0 Å². The van der Waals surface area contributed by atoms with Crippen LogP contribution in [0.1, 0.15) is 18.4 Å². The first-order chi connectivity index (χ1) is 7.84. The second-order valence-electron chi connectivity index (χ2n) is 4.35. The molecule has 0 aliphatic carbocycles. The molecule has 88 valence electrons. The fourth-order valence-corrected chi connectivity index (χ4v) is 2.08. The van der Waals surface area contributed by atoms with Gasteiger partial charge >= 0.3 is 0 Å². The zero-order valence-electron chi connectivity index (χ0n) is 9.58. The normalized spacial score (nSPS) is 16.8. The van der Waals surface area contributed by atoms with E-state index in [0.29, 0.717) is 0 Å². The van der Waals surface area contributed by atoms with Gasteiger partial charge in [0.2, 0.25) is 0 Å². The van der Waals surface area contributed by atoms with Crippen molar-refractivity contribution in [3.8, 4) is 0 Å². The largest absolute Gasteiger partial charge is 0.311 e. The number of hydrogen-bond acceptors (Lipinski definition) is 2. The van der Waals surface area contributed by atoms with Gasteiger partial charge in [-0.1, -0.05) is 12.1 Å². The highest BCUT2D eigenvalue weighted by Gasteiger charge is 2.09. The molecule has 1 aromatic rings. The Morgan fingerprint density at radius 2 is 1.81 bits per heavy atom. The standard InChI is InChI=1S/C13H19FN2/c14-13-5-3-12(4-6-13)11-15-7-10-16-8-1-2-9-16/h3-6,15H,1-2,7-11H2. The number of benzene rings is 1. The van der Waals surface area contributed by atoms with Crippen molar-refractivity contribution < 1.29 is 4.39 Å². The molecule has 1 N–H and O–H groups in total. The number of halogens is 1. The number of nitrogens with one attached hydrogen (secondary N) is 1. The summed E-state index contributed by atoms with van der Waals surface area (Å²) in [5.41, 5.74) is 1.14. The maximum Gasteiger partial charge on any atom is 0.123 e. The molecule has 2 rings (SSSR count). The highest BCUT2D eigenvalue weighted by Crippen LogP contribution is 2.06. The molecule has 0 spiro atoms. The minimum atomic E-state index is -0.166. The van der Waals surface area contributed by atoms with Crippen molar-refractivity contribution >= 4 is 0 Å². The number of likely N-dealkylation sites (tertiary alicyclic amines) is 1. The molecule has 1 aromatic carbocycles. The molecule has 0 aromatic heterocycles. The summed E-state index contributed by atoms with van der Waals surface area (Å²) in [7, 11) is 0. The molecule has 16 heavy (non-hydrogen) atoms. The lowest BCUT2D eigenvalue weighted by Gasteiger charge is -2.14. The first kappa shape index (κ1) is 11.6. The summed E-state index contributed by atoms with van der Waals surface area (Å²) in [6, 6.07) is 6.69. The van der Waals surface area contributed by atoms with Crippen LogP contribution in [0.15, 0.2) is 24.3 Å². The molecular weight excluding hydrogens is 203 g/mol. The Morgan fingerprint density at radius 1 is 1.12 bits per heavy atom. The quantitative estimate of drug-likeness (QED) is 0.767. The molecule has 1 fully saturated rings. The van der Waals surface area contributed by atoms with Gasteiger partial charge in [0.05, 0.1) is 0 Å². The van der Waals surface area contributed by atoms with Crippen molar-refractivity contribution in [3.05, 3.63) is 35.6 Å². The molecule has 0 atom stereocenters. The van der Waals surface area contributed by atoms with Crippen LogP contribution in [0.25, 0.3) is 0 Å². The van der Waals surface area contributed by atoms with Gasteiger partial charge in [0.1, 0.15) is 5.82 Å². The lowest BCUT2D eigenvalue weighted by atomic mass is 10.2. The molecule has 3 heteroatoms. The van der Waals surface area contributed by atoms with E-state index < -0.39 is 0 Å². The van der Waals surface area contributed by atoms with Crippen LogP contribution in [0.4, 0.5) is 4.39 Å². The van der Waals surface area contributed by atoms with E-state index in [4.69, 9.17) is 0 Å². The van der Waals surface area contributed by atoms with Crippen LogP contribution < -0.4 is 5.32 Å².